The summed E-state index contributed by atoms with van der Waals surface area (Å²) < 4.78 is 39.8. The monoisotopic (exact) mass is 239 g/mol. The Kier molecular flexibility index (Phi) is 3.22. The van der Waals surface area contributed by atoms with Crippen LogP contribution in [-0.4, -0.2) is 14.9 Å². The minimum atomic E-state index is -4.47. The lowest BCUT2D eigenvalue weighted by Crippen LogP contribution is -2.29. The van der Waals surface area contributed by atoms with E-state index in [1.165, 1.54) is 0 Å². The summed E-state index contributed by atoms with van der Waals surface area (Å²) in [5.41, 5.74) is -0.275. The molecule has 0 bridgehead atoms. The third-order valence-corrected chi connectivity index (χ3v) is 2.64. The minimum Gasteiger partial charge on any atom is -0.355 e. The highest BCUT2D eigenvalue weighted by Crippen LogP contribution is 2.30. The van der Waals surface area contributed by atoms with Crippen molar-refractivity contribution in [2.24, 2.45) is 0 Å². The highest BCUT2D eigenvalue weighted by molar-refractivity contribution is 7.09. The van der Waals surface area contributed by atoms with Gasteiger partial charge in [-0.05, 0) is 20.3 Å². The Labute approximate surface area is 89.9 Å². The Bertz CT molecular complexity index is 332. The highest BCUT2D eigenvalue weighted by Gasteiger charge is 2.36. The van der Waals surface area contributed by atoms with Crippen LogP contribution in [0.4, 0.5) is 18.3 Å². The number of hydrogen-bond donors (Lipinski definition) is 1. The van der Waals surface area contributed by atoms with Crippen LogP contribution in [0.2, 0.25) is 0 Å². The Morgan fingerprint density at radius 2 is 1.93 bits per heavy atom. The molecule has 86 valence electrons. The SMILES string of the molecule is CCC(C)(C)Nc1nc(C(F)(F)F)ns1. The summed E-state index contributed by atoms with van der Waals surface area (Å²) in [4.78, 5) is 3.39. The van der Waals surface area contributed by atoms with Crippen LogP contribution in [-0.2, 0) is 6.18 Å². The van der Waals surface area contributed by atoms with Gasteiger partial charge in [0.25, 0.3) is 0 Å². The van der Waals surface area contributed by atoms with Gasteiger partial charge in [-0.2, -0.15) is 22.5 Å². The molecule has 0 unspecified atom stereocenters. The van der Waals surface area contributed by atoms with Crippen LogP contribution in [0.3, 0.4) is 0 Å². The largest absolute Gasteiger partial charge is 0.452 e. The van der Waals surface area contributed by atoms with Crippen LogP contribution >= 0.6 is 11.5 Å². The van der Waals surface area contributed by atoms with Gasteiger partial charge in [0.05, 0.1) is 0 Å². The molecule has 0 spiro atoms. The fraction of sp³-hybridized carbons (Fsp3) is 0.750. The fourth-order valence-corrected chi connectivity index (χ4v) is 1.53. The summed E-state index contributed by atoms with van der Waals surface area (Å²) in [6.07, 6.45) is -3.68. The zero-order valence-electron chi connectivity index (χ0n) is 8.64. The molecule has 1 aromatic heterocycles. The van der Waals surface area contributed by atoms with Crippen LogP contribution in [0.25, 0.3) is 0 Å². The molecular formula is C8H12F3N3S. The molecule has 15 heavy (non-hydrogen) atoms. The summed E-state index contributed by atoms with van der Waals surface area (Å²) in [6, 6.07) is 0. The Morgan fingerprint density at radius 1 is 1.33 bits per heavy atom. The van der Waals surface area contributed by atoms with E-state index in [1.54, 1.807) is 0 Å². The average molecular weight is 239 g/mol. The molecule has 0 atom stereocenters. The molecule has 0 aliphatic heterocycles. The third-order valence-electron chi connectivity index (χ3n) is 2.01. The number of rotatable bonds is 3. The van der Waals surface area contributed by atoms with E-state index < -0.39 is 12.0 Å². The second kappa shape index (κ2) is 3.96. The second-order valence-electron chi connectivity index (χ2n) is 3.78. The van der Waals surface area contributed by atoms with Gasteiger partial charge in [0.1, 0.15) is 0 Å². The van der Waals surface area contributed by atoms with E-state index in [-0.39, 0.29) is 10.7 Å². The summed E-state index contributed by atoms with van der Waals surface area (Å²) in [5, 5.41) is 3.11. The van der Waals surface area contributed by atoms with Crippen molar-refractivity contribution in [2.45, 2.75) is 38.9 Å². The lowest BCUT2D eigenvalue weighted by Gasteiger charge is -2.23. The number of halogens is 3. The van der Waals surface area contributed by atoms with E-state index in [4.69, 9.17) is 0 Å². The maximum absolute atomic E-state index is 12.2. The van der Waals surface area contributed by atoms with E-state index >= 15 is 0 Å². The lowest BCUT2D eigenvalue weighted by atomic mass is 10.0. The van der Waals surface area contributed by atoms with Gasteiger partial charge >= 0.3 is 6.18 Å². The van der Waals surface area contributed by atoms with E-state index in [0.29, 0.717) is 0 Å². The molecule has 0 aliphatic rings. The van der Waals surface area contributed by atoms with Gasteiger partial charge in [0.2, 0.25) is 11.0 Å². The maximum Gasteiger partial charge on any atom is 0.452 e. The minimum absolute atomic E-state index is 0.203. The Morgan fingerprint density at radius 3 is 2.33 bits per heavy atom. The number of hydrogen-bond acceptors (Lipinski definition) is 4. The second-order valence-corrected chi connectivity index (χ2v) is 4.54. The van der Waals surface area contributed by atoms with Crippen molar-refractivity contribution in [3.05, 3.63) is 5.82 Å². The van der Waals surface area contributed by atoms with Crippen molar-refractivity contribution in [3.8, 4) is 0 Å². The summed E-state index contributed by atoms with van der Waals surface area (Å²) in [5.74, 6) is -1.08. The third kappa shape index (κ3) is 3.33. The summed E-state index contributed by atoms with van der Waals surface area (Å²) >= 11 is 0.726. The topological polar surface area (TPSA) is 37.8 Å². The van der Waals surface area contributed by atoms with Gasteiger partial charge in [0, 0.05) is 17.1 Å². The normalized spacial score (nSPS) is 12.9. The predicted octanol–water partition coefficient (Wildman–Crippen LogP) is 3.16. The van der Waals surface area contributed by atoms with Crippen molar-refractivity contribution in [2.75, 3.05) is 5.32 Å². The van der Waals surface area contributed by atoms with Crippen LogP contribution in [0.15, 0.2) is 0 Å². The first-order chi connectivity index (χ1) is 6.74. The van der Waals surface area contributed by atoms with Gasteiger partial charge in [-0.3, -0.25) is 0 Å². The zero-order chi connectivity index (χ0) is 11.7. The summed E-state index contributed by atoms with van der Waals surface area (Å²) in [6.45, 7) is 5.72. The molecule has 1 heterocycles. The molecule has 0 saturated carbocycles. The molecule has 0 aliphatic carbocycles. The molecule has 7 heteroatoms. The molecule has 0 fully saturated rings. The number of anilines is 1. The fourth-order valence-electron chi connectivity index (χ4n) is 0.767. The van der Waals surface area contributed by atoms with Crippen molar-refractivity contribution < 1.29 is 13.2 Å². The van der Waals surface area contributed by atoms with Crippen LogP contribution in [0, 0.1) is 0 Å². The predicted molar refractivity (Wildman–Crippen MR) is 52.9 cm³/mol. The molecule has 0 saturated heterocycles. The van der Waals surface area contributed by atoms with Gasteiger partial charge < -0.3 is 5.32 Å². The first-order valence-electron chi connectivity index (χ1n) is 4.44. The van der Waals surface area contributed by atoms with Gasteiger partial charge in [-0.1, -0.05) is 6.92 Å². The molecule has 1 N–H and O–H groups in total. The molecule has 0 amide bonds. The highest BCUT2D eigenvalue weighted by atomic mass is 32.1. The Hall–Kier alpha value is -0.850. The molecule has 0 radical (unpaired) electrons. The van der Waals surface area contributed by atoms with Crippen molar-refractivity contribution in [1.82, 2.24) is 9.36 Å². The molecule has 3 nitrogen and oxygen atoms in total. The molecule has 0 aromatic carbocycles. The standard InChI is InChI=1S/C8H12F3N3S/c1-4-7(2,3)13-6-12-5(14-15-6)8(9,10)11/h4H2,1-3H3,(H,12,13,14). The molecular weight excluding hydrogens is 227 g/mol. The first kappa shape index (κ1) is 12.2. The number of alkyl halides is 3. The maximum atomic E-state index is 12.2. The lowest BCUT2D eigenvalue weighted by molar-refractivity contribution is -0.144. The van der Waals surface area contributed by atoms with Gasteiger partial charge in [-0.15, -0.1) is 0 Å². The molecule has 1 rings (SSSR count). The zero-order valence-corrected chi connectivity index (χ0v) is 9.46. The summed E-state index contributed by atoms with van der Waals surface area (Å²) in [7, 11) is 0. The van der Waals surface area contributed by atoms with E-state index in [2.05, 4.69) is 14.7 Å². The Balaban J connectivity index is 2.78. The van der Waals surface area contributed by atoms with E-state index in [9.17, 15) is 13.2 Å². The smallest absolute Gasteiger partial charge is 0.355 e. The number of nitrogens with zero attached hydrogens (tertiary/aromatic N) is 2. The first-order valence-corrected chi connectivity index (χ1v) is 5.21. The van der Waals surface area contributed by atoms with Crippen LogP contribution in [0.1, 0.15) is 33.0 Å². The van der Waals surface area contributed by atoms with Crippen LogP contribution < -0.4 is 5.32 Å². The molecule has 1 aromatic rings. The van der Waals surface area contributed by atoms with E-state index in [0.717, 1.165) is 18.0 Å². The van der Waals surface area contributed by atoms with Crippen LogP contribution in [0.5, 0.6) is 0 Å². The average Bonchev–Trinajstić information content (AvgIpc) is 2.51. The van der Waals surface area contributed by atoms with Gasteiger partial charge in [0.15, 0.2) is 0 Å². The number of nitrogens with one attached hydrogen (secondary N) is 1. The van der Waals surface area contributed by atoms with E-state index in [1.807, 2.05) is 20.8 Å². The van der Waals surface area contributed by atoms with Gasteiger partial charge in [-0.25, -0.2) is 0 Å². The van der Waals surface area contributed by atoms with Crippen molar-refractivity contribution in [1.29, 1.82) is 0 Å². The van der Waals surface area contributed by atoms with Crippen molar-refractivity contribution >= 4 is 16.7 Å². The van der Waals surface area contributed by atoms with Crippen molar-refractivity contribution in [3.63, 3.8) is 0 Å². The number of aromatic nitrogens is 2. The quantitative estimate of drug-likeness (QED) is 0.880.